The van der Waals surface area contributed by atoms with Crippen molar-refractivity contribution in [3.05, 3.63) is 54.5 Å². The number of carbonyl (C=O) groups excluding carboxylic acids is 1. The zero-order chi connectivity index (χ0) is 23.2. The molecule has 0 radical (unpaired) electrons. The maximum atomic E-state index is 12.1. The normalized spacial score (nSPS) is 22.5. The van der Waals surface area contributed by atoms with Crippen LogP contribution in [0.25, 0.3) is 11.0 Å². The van der Waals surface area contributed by atoms with Crippen LogP contribution in [-0.2, 0) is 11.2 Å². The SMILES string of the molecule is CNc1ncnc2c1ccn2[C@@H]1C[C@H](CNCCC(=O)NCCc2ccccc2)[C@@H](O)[C@H]1O. The molecule has 0 saturated heterocycles. The van der Waals surface area contributed by atoms with Gasteiger partial charge in [0, 0.05) is 45.2 Å². The van der Waals surface area contributed by atoms with Gasteiger partial charge in [-0.25, -0.2) is 9.97 Å². The van der Waals surface area contributed by atoms with Crippen LogP contribution in [0.3, 0.4) is 0 Å². The summed E-state index contributed by atoms with van der Waals surface area (Å²) < 4.78 is 1.92. The lowest BCUT2D eigenvalue weighted by Gasteiger charge is -2.19. The predicted octanol–water partition coefficient (Wildman–Crippen LogP) is 1.09. The second kappa shape index (κ2) is 10.7. The number of nitrogens with one attached hydrogen (secondary N) is 3. The van der Waals surface area contributed by atoms with Gasteiger partial charge >= 0.3 is 0 Å². The molecule has 0 unspecified atom stereocenters. The van der Waals surface area contributed by atoms with Crippen LogP contribution in [0.2, 0.25) is 0 Å². The molecular weight excluding hydrogens is 420 g/mol. The van der Waals surface area contributed by atoms with Crippen LogP contribution in [0.15, 0.2) is 48.9 Å². The number of aliphatic hydroxyl groups is 2. The van der Waals surface area contributed by atoms with Gasteiger partial charge < -0.3 is 30.7 Å². The van der Waals surface area contributed by atoms with Gasteiger partial charge in [-0.05, 0) is 24.5 Å². The topological polar surface area (TPSA) is 124 Å². The van der Waals surface area contributed by atoms with Crippen LogP contribution in [0.4, 0.5) is 5.82 Å². The van der Waals surface area contributed by atoms with Gasteiger partial charge in [0.1, 0.15) is 23.9 Å². The molecule has 0 aliphatic heterocycles. The van der Waals surface area contributed by atoms with Crippen molar-refractivity contribution in [2.24, 2.45) is 5.92 Å². The summed E-state index contributed by atoms with van der Waals surface area (Å²) in [4.78, 5) is 20.7. The summed E-state index contributed by atoms with van der Waals surface area (Å²) in [5.41, 5.74) is 1.93. The number of fused-ring (bicyclic) bond motifs is 1. The third-order valence-corrected chi connectivity index (χ3v) is 6.39. The first-order chi connectivity index (χ1) is 16.1. The van der Waals surface area contributed by atoms with Crippen LogP contribution in [0.5, 0.6) is 0 Å². The highest BCUT2D eigenvalue weighted by atomic mass is 16.3. The van der Waals surface area contributed by atoms with E-state index in [1.807, 2.05) is 47.2 Å². The van der Waals surface area contributed by atoms with Crippen LogP contribution in [-0.4, -0.2) is 69.5 Å². The first-order valence-electron chi connectivity index (χ1n) is 11.4. The number of nitrogens with zero attached hydrogens (tertiary/aromatic N) is 3. The van der Waals surface area contributed by atoms with Crippen LogP contribution in [0, 0.1) is 5.92 Å². The zero-order valence-corrected chi connectivity index (χ0v) is 18.8. The van der Waals surface area contributed by atoms with E-state index in [4.69, 9.17) is 0 Å². The molecular formula is C24H32N6O3. The molecule has 1 amide bonds. The summed E-state index contributed by atoms with van der Waals surface area (Å²) in [6, 6.07) is 11.7. The molecule has 1 saturated carbocycles. The number of hydrogen-bond donors (Lipinski definition) is 5. The average molecular weight is 453 g/mol. The van der Waals surface area contributed by atoms with E-state index in [0.717, 1.165) is 23.3 Å². The summed E-state index contributed by atoms with van der Waals surface area (Å²) >= 11 is 0. The van der Waals surface area contributed by atoms with E-state index in [0.29, 0.717) is 32.5 Å². The molecule has 33 heavy (non-hydrogen) atoms. The standard InChI is InChI=1S/C24H32N6O3/c1-25-23-18-9-12-30(24(18)29-15-28-23)19-13-17(21(32)22(19)33)14-26-10-8-20(31)27-11-7-16-5-3-2-4-6-16/h2-6,9,12,15,17,19,21-22,26,32-33H,7-8,10-11,13-14H2,1H3,(H,27,31)(H,25,28,29)/t17-,19-,21-,22+/m1/s1. The van der Waals surface area contributed by atoms with Crippen molar-refractivity contribution in [3.8, 4) is 0 Å². The molecule has 1 fully saturated rings. The average Bonchev–Trinajstić information content (AvgIpc) is 3.38. The molecule has 1 aliphatic carbocycles. The second-order valence-electron chi connectivity index (χ2n) is 8.52. The number of amides is 1. The highest BCUT2D eigenvalue weighted by Crippen LogP contribution is 2.37. The molecule has 2 aromatic heterocycles. The lowest BCUT2D eigenvalue weighted by atomic mass is 10.1. The van der Waals surface area contributed by atoms with Crippen LogP contribution in [0.1, 0.15) is 24.4 Å². The monoisotopic (exact) mass is 452 g/mol. The Hall–Kier alpha value is -3.01. The third-order valence-electron chi connectivity index (χ3n) is 6.39. The Morgan fingerprint density at radius 3 is 2.73 bits per heavy atom. The predicted molar refractivity (Wildman–Crippen MR) is 127 cm³/mol. The molecule has 4 rings (SSSR count). The van der Waals surface area contributed by atoms with E-state index in [9.17, 15) is 15.0 Å². The van der Waals surface area contributed by atoms with E-state index in [2.05, 4.69) is 25.9 Å². The van der Waals surface area contributed by atoms with Gasteiger partial charge in [-0.2, -0.15) is 0 Å². The van der Waals surface area contributed by atoms with Gasteiger partial charge in [-0.15, -0.1) is 0 Å². The minimum Gasteiger partial charge on any atom is -0.390 e. The molecule has 0 bridgehead atoms. The zero-order valence-electron chi connectivity index (χ0n) is 18.8. The Kier molecular flexibility index (Phi) is 7.54. The number of rotatable bonds is 10. The highest BCUT2D eigenvalue weighted by Gasteiger charge is 2.42. The van der Waals surface area contributed by atoms with Crippen molar-refractivity contribution in [1.82, 2.24) is 25.2 Å². The minimum atomic E-state index is -0.887. The van der Waals surface area contributed by atoms with Gasteiger partial charge in [-0.3, -0.25) is 4.79 Å². The Balaban J connectivity index is 1.23. The van der Waals surface area contributed by atoms with E-state index in [1.54, 1.807) is 7.05 Å². The largest absolute Gasteiger partial charge is 0.390 e. The lowest BCUT2D eigenvalue weighted by Crippen LogP contribution is -2.35. The number of hydrogen-bond acceptors (Lipinski definition) is 7. The fourth-order valence-corrected chi connectivity index (χ4v) is 4.58. The molecule has 5 N–H and O–H groups in total. The first-order valence-corrected chi connectivity index (χ1v) is 11.4. The summed E-state index contributed by atoms with van der Waals surface area (Å²) in [5.74, 6) is 0.614. The van der Waals surface area contributed by atoms with E-state index in [-0.39, 0.29) is 17.9 Å². The van der Waals surface area contributed by atoms with Crippen molar-refractivity contribution in [2.45, 2.75) is 37.5 Å². The van der Waals surface area contributed by atoms with Crippen molar-refractivity contribution in [2.75, 3.05) is 32.0 Å². The number of carbonyl (C=O) groups is 1. The third kappa shape index (κ3) is 5.32. The molecule has 176 valence electrons. The molecule has 4 atom stereocenters. The minimum absolute atomic E-state index is 0.00199. The molecule has 9 nitrogen and oxygen atoms in total. The summed E-state index contributed by atoms with van der Waals surface area (Å²) in [6.07, 6.45) is 3.44. The molecule has 1 aromatic carbocycles. The van der Waals surface area contributed by atoms with Gasteiger partial charge in [-0.1, -0.05) is 30.3 Å². The van der Waals surface area contributed by atoms with Gasteiger partial charge in [0.2, 0.25) is 5.91 Å². The number of aliphatic hydroxyl groups excluding tert-OH is 2. The molecule has 3 aromatic rings. The number of anilines is 1. The second-order valence-corrected chi connectivity index (χ2v) is 8.52. The Bertz CT molecular complexity index is 1060. The maximum absolute atomic E-state index is 12.1. The summed E-state index contributed by atoms with van der Waals surface area (Å²) in [6.45, 7) is 1.66. The summed E-state index contributed by atoms with van der Waals surface area (Å²) in [5, 5.41) is 31.4. The fraction of sp³-hybridized carbons (Fsp3) is 0.458. The molecule has 9 heteroatoms. The molecule has 2 heterocycles. The van der Waals surface area contributed by atoms with Crippen LogP contribution < -0.4 is 16.0 Å². The van der Waals surface area contributed by atoms with Gasteiger partial charge in [0.15, 0.2) is 0 Å². The van der Waals surface area contributed by atoms with E-state index in [1.165, 1.54) is 11.9 Å². The highest BCUT2D eigenvalue weighted by molar-refractivity contribution is 5.87. The van der Waals surface area contributed by atoms with Gasteiger partial charge in [0.25, 0.3) is 0 Å². The Morgan fingerprint density at radius 1 is 1.12 bits per heavy atom. The Labute approximate surface area is 193 Å². The van der Waals surface area contributed by atoms with Crippen LogP contribution >= 0.6 is 0 Å². The molecule has 1 aliphatic rings. The molecule has 0 spiro atoms. The number of benzene rings is 1. The quantitative estimate of drug-likeness (QED) is 0.292. The fourth-order valence-electron chi connectivity index (χ4n) is 4.58. The lowest BCUT2D eigenvalue weighted by molar-refractivity contribution is -0.120. The summed E-state index contributed by atoms with van der Waals surface area (Å²) in [7, 11) is 1.80. The van der Waals surface area contributed by atoms with E-state index < -0.39 is 12.2 Å². The number of aromatic nitrogens is 3. The van der Waals surface area contributed by atoms with E-state index >= 15 is 0 Å². The van der Waals surface area contributed by atoms with Gasteiger partial charge in [0.05, 0.1) is 17.5 Å². The Morgan fingerprint density at radius 2 is 1.94 bits per heavy atom. The smallest absolute Gasteiger partial charge is 0.221 e. The van der Waals surface area contributed by atoms with Crippen molar-refractivity contribution in [3.63, 3.8) is 0 Å². The first kappa shape index (κ1) is 23.2. The van der Waals surface area contributed by atoms with Crippen molar-refractivity contribution < 1.29 is 15.0 Å². The maximum Gasteiger partial charge on any atom is 0.221 e. The van der Waals surface area contributed by atoms with Crippen molar-refractivity contribution in [1.29, 1.82) is 0 Å². The van der Waals surface area contributed by atoms with Crippen molar-refractivity contribution >= 4 is 22.8 Å².